The Hall–Kier alpha value is -2.43. The second-order valence-corrected chi connectivity index (χ2v) is 4.87. The summed E-state index contributed by atoms with van der Waals surface area (Å²) in [6, 6.07) is 7.05. The quantitative estimate of drug-likeness (QED) is 0.733. The summed E-state index contributed by atoms with van der Waals surface area (Å²) in [6.07, 6.45) is 5.64. The minimum Gasteiger partial charge on any atom is -0.275 e. The number of aromatic nitrogens is 4. The van der Waals surface area contributed by atoms with Gasteiger partial charge in [0.1, 0.15) is 5.82 Å². The first-order chi connectivity index (χ1) is 9.61. The molecule has 3 rings (SSSR count). The summed E-state index contributed by atoms with van der Waals surface area (Å²) in [5.41, 5.74) is 3.54. The number of benzene rings is 1. The normalized spacial score (nSPS) is 10.9. The fraction of sp³-hybridized carbons (Fsp3) is 0.200. The van der Waals surface area contributed by atoms with Gasteiger partial charge in [-0.2, -0.15) is 10.2 Å². The Kier molecular flexibility index (Phi) is 3.10. The van der Waals surface area contributed by atoms with E-state index >= 15 is 0 Å². The van der Waals surface area contributed by atoms with E-state index in [4.69, 9.17) is 0 Å². The molecule has 0 aliphatic rings. The molecule has 0 saturated carbocycles. The van der Waals surface area contributed by atoms with Crippen LogP contribution in [0.15, 0.2) is 42.9 Å². The van der Waals surface area contributed by atoms with Crippen LogP contribution in [0.2, 0.25) is 0 Å². The van der Waals surface area contributed by atoms with E-state index in [9.17, 15) is 4.39 Å². The van der Waals surface area contributed by atoms with Crippen LogP contribution in [0.25, 0.3) is 11.1 Å². The Morgan fingerprint density at radius 2 is 2.05 bits per heavy atom. The molecule has 0 aliphatic carbocycles. The van der Waals surface area contributed by atoms with E-state index in [1.54, 1.807) is 23.9 Å². The Balaban J connectivity index is 1.84. The Bertz CT molecular complexity index is 742. The van der Waals surface area contributed by atoms with Gasteiger partial charge < -0.3 is 0 Å². The lowest BCUT2D eigenvalue weighted by molar-refractivity contribution is 0.619. The van der Waals surface area contributed by atoms with Crippen LogP contribution in [-0.4, -0.2) is 19.6 Å². The second-order valence-electron chi connectivity index (χ2n) is 4.87. The predicted molar refractivity (Wildman–Crippen MR) is 74.7 cm³/mol. The molecule has 3 aromatic rings. The van der Waals surface area contributed by atoms with Gasteiger partial charge in [-0.15, -0.1) is 0 Å². The second kappa shape index (κ2) is 4.92. The predicted octanol–water partition coefficient (Wildman–Crippen LogP) is 2.78. The zero-order chi connectivity index (χ0) is 14.1. The van der Waals surface area contributed by atoms with Crippen LogP contribution in [0.5, 0.6) is 0 Å². The summed E-state index contributed by atoms with van der Waals surface area (Å²) in [4.78, 5) is 0. The van der Waals surface area contributed by atoms with Gasteiger partial charge in [0.15, 0.2) is 0 Å². The molecule has 0 radical (unpaired) electrons. The molecule has 2 aromatic heterocycles. The van der Waals surface area contributed by atoms with E-state index in [1.165, 1.54) is 6.07 Å². The molecule has 0 fully saturated rings. The zero-order valence-corrected chi connectivity index (χ0v) is 11.4. The Morgan fingerprint density at radius 1 is 1.20 bits per heavy atom. The molecule has 0 atom stereocenters. The third-order valence-electron chi connectivity index (χ3n) is 3.22. The van der Waals surface area contributed by atoms with Crippen molar-refractivity contribution in [3.63, 3.8) is 0 Å². The molecule has 0 spiro atoms. The number of aryl methyl sites for hydroxylation is 2. The van der Waals surface area contributed by atoms with Crippen LogP contribution in [-0.2, 0) is 13.6 Å². The van der Waals surface area contributed by atoms with Crippen LogP contribution in [0, 0.1) is 12.7 Å². The number of hydrogen-bond donors (Lipinski definition) is 0. The standard InChI is InChI=1S/C15H15FN4/c1-11-7-12(3-4-15(11)16)13-8-17-20(9-13)10-14-5-6-19(2)18-14/h3-9H,10H2,1-2H3. The molecular weight excluding hydrogens is 255 g/mol. The first-order valence-electron chi connectivity index (χ1n) is 6.39. The maximum atomic E-state index is 13.3. The van der Waals surface area contributed by atoms with Crippen LogP contribution >= 0.6 is 0 Å². The van der Waals surface area contributed by atoms with Gasteiger partial charge in [0.25, 0.3) is 0 Å². The van der Waals surface area contributed by atoms with Gasteiger partial charge in [-0.25, -0.2) is 4.39 Å². The van der Waals surface area contributed by atoms with E-state index < -0.39 is 0 Å². The lowest BCUT2D eigenvalue weighted by Crippen LogP contribution is -2.01. The third kappa shape index (κ3) is 2.47. The smallest absolute Gasteiger partial charge is 0.126 e. The van der Waals surface area contributed by atoms with Gasteiger partial charge in [0.05, 0.1) is 18.4 Å². The van der Waals surface area contributed by atoms with Gasteiger partial charge in [-0.05, 0) is 36.2 Å². The van der Waals surface area contributed by atoms with Crippen molar-refractivity contribution in [2.45, 2.75) is 13.5 Å². The summed E-state index contributed by atoms with van der Waals surface area (Å²) in [5, 5.41) is 8.64. The molecule has 0 saturated heterocycles. The maximum absolute atomic E-state index is 13.3. The number of hydrogen-bond acceptors (Lipinski definition) is 2. The maximum Gasteiger partial charge on any atom is 0.126 e. The molecule has 0 bridgehead atoms. The summed E-state index contributed by atoms with van der Waals surface area (Å²) in [5.74, 6) is -0.186. The van der Waals surface area contributed by atoms with Crippen molar-refractivity contribution >= 4 is 0 Å². The van der Waals surface area contributed by atoms with Crippen molar-refractivity contribution in [1.82, 2.24) is 19.6 Å². The summed E-state index contributed by atoms with van der Waals surface area (Å²) < 4.78 is 16.9. The fourth-order valence-corrected chi connectivity index (χ4v) is 2.14. The van der Waals surface area contributed by atoms with Gasteiger partial charge in [0.2, 0.25) is 0 Å². The van der Waals surface area contributed by atoms with Crippen LogP contribution in [0.1, 0.15) is 11.3 Å². The van der Waals surface area contributed by atoms with Crippen LogP contribution < -0.4 is 0 Å². The molecule has 0 unspecified atom stereocenters. The van der Waals surface area contributed by atoms with E-state index in [0.29, 0.717) is 12.1 Å². The SMILES string of the molecule is Cc1cc(-c2cnn(Cc3ccn(C)n3)c2)ccc1F. The Labute approximate surface area is 116 Å². The average molecular weight is 270 g/mol. The molecule has 20 heavy (non-hydrogen) atoms. The first kappa shape index (κ1) is 12.6. The largest absolute Gasteiger partial charge is 0.275 e. The third-order valence-corrected chi connectivity index (χ3v) is 3.22. The van der Waals surface area contributed by atoms with E-state index in [-0.39, 0.29) is 5.82 Å². The highest BCUT2D eigenvalue weighted by Gasteiger charge is 2.06. The van der Waals surface area contributed by atoms with Gasteiger partial charge in [-0.3, -0.25) is 9.36 Å². The molecule has 0 amide bonds. The molecule has 2 heterocycles. The van der Waals surface area contributed by atoms with Crippen LogP contribution in [0.4, 0.5) is 4.39 Å². The zero-order valence-electron chi connectivity index (χ0n) is 11.4. The van der Waals surface area contributed by atoms with Crippen molar-refractivity contribution in [2.75, 3.05) is 0 Å². The van der Waals surface area contributed by atoms with E-state index in [1.807, 2.05) is 36.3 Å². The summed E-state index contributed by atoms with van der Waals surface area (Å²) in [7, 11) is 1.89. The Morgan fingerprint density at radius 3 is 2.75 bits per heavy atom. The number of halogens is 1. The van der Waals surface area contributed by atoms with Crippen molar-refractivity contribution in [1.29, 1.82) is 0 Å². The number of rotatable bonds is 3. The highest BCUT2D eigenvalue weighted by atomic mass is 19.1. The summed E-state index contributed by atoms with van der Waals surface area (Å²) >= 11 is 0. The average Bonchev–Trinajstić information content (AvgIpc) is 3.03. The first-order valence-corrected chi connectivity index (χ1v) is 6.39. The van der Waals surface area contributed by atoms with E-state index in [0.717, 1.165) is 16.8 Å². The lowest BCUT2D eigenvalue weighted by atomic mass is 10.1. The topological polar surface area (TPSA) is 35.6 Å². The van der Waals surface area contributed by atoms with Crippen molar-refractivity contribution < 1.29 is 4.39 Å². The molecule has 0 aliphatic heterocycles. The minimum absolute atomic E-state index is 0.186. The molecular formula is C15H15FN4. The minimum atomic E-state index is -0.186. The number of nitrogens with zero attached hydrogens (tertiary/aromatic N) is 4. The molecule has 102 valence electrons. The van der Waals surface area contributed by atoms with Crippen LogP contribution in [0.3, 0.4) is 0 Å². The molecule has 5 heteroatoms. The highest BCUT2D eigenvalue weighted by molar-refractivity contribution is 5.62. The van der Waals surface area contributed by atoms with Gasteiger partial charge in [-0.1, -0.05) is 6.07 Å². The molecule has 1 aromatic carbocycles. The van der Waals surface area contributed by atoms with Gasteiger partial charge >= 0.3 is 0 Å². The van der Waals surface area contributed by atoms with Crippen molar-refractivity contribution in [2.24, 2.45) is 7.05 Å². The highest BCUT2D eigenvalue weighted by Crippen LogP contribution is 2.21. The molecule has 4 nitrogen and oxygen atoms in total. The van der Waals surface area contributed by atoms with Crippen molar-refractivity contribution in [3.05, 3.63) is 59.9 Å². The van der Waals surface area contributed by atoms with Gasteiger partial charge in [0, 0.05) is 25.0 Å². The summed E-state index contributed by atoms with van der Waals surface area (Å²) in [6.45, 7) is 2.39. The van der Waals surface area contributed by atoms with Crippen molar-refractivity contribution in [3.8, 4) is 11.1 Å². The fourth-order valence-electron chi connectivity index (χ4n) is 2.14. The van der Waals surface area contributed by atoms with E-state index in [2.05, 4.69) is 10.2 Å². The molecule has 0 N–H and O–H groups in total. The lowest BCUT2D eigenvalue weighted by Gasteiger charge is -2.00. The monoisotopic (exact) mass is 270 g/mol.